The van der Waals surface area contributed by atoms with Crippen LogP contribution in [0.5, 0.6) is 5.75 Å². The van der Waals surface area contributed by atoms with Crippen molar-refractivity contribution in [3.05, 3.63) is 29.8 Å². The molecular weight excluding hydrogens is 250 g/mol. The fourth-order valence-electron chi connectivity index (χ4n) is 1.99. The van der Waals surface area contributed by atoms with Crippen LogP contribution in [0.2, 0.25) is 0 Å². The molecule has 2 atom stereocenters. The summed E-state index contributed by atoms with van der Waals surface area (Å²) in [7, 11) is 0. The molecule has 0 radical (unpaired) electrons. The van der Waals surface area contributed by atoms with E-state index in [0.29, 0.717) is 0 Å². The Balaban J connectivity index is 2.16. The number of nitrogens with one attached hydrogen (secondary N) is 1. The molecule has 3 N–H and O–H groups in total. The van der Waals surface area contributed by atoms with Crippen molar-refractivity contribution in [2.24, 2.45) is 5.41 Å². The van der Waals surface area contributed by atoms with Crippen molar-refractivity contribution < 1.29 is 24.5 Å². The molecule has 0 aliphatic carbocycles. The summed E-state index contributed by atoms with van der Waals surface area (Å²) in [4.78, 5) is 23.3. The fraction of sp³-hybridized carbons (Fsp3) is 0.385. The molecule has 0 bridgehead atoms. The quantitative estimate of drug-likeness (QED) is 0.744. The summed E-state index contributed by atoms with van der Waals surface area (Å²) in [6, 6.07) is 5.47. The van der Waals surface area contributed by atoms with Gasteiger partial charge in [0.05, 0.1) is 24.8 Å². The van der Waals surface area contributed by atoms with E-state index in [1.165, 1.54) is 19.1 Å². The standard InChI is InChI=1S/C13H15NO5/c1-13(12(17)18)7-19-6-10(13)14-11(16)8-4-2-3-5-9(8)15/h2-5,10,15H,6-7H2,1H3,(H,14,16)(H,17,18). The molecule has 102 valence electrons. The number of amides is 1. The van der Waals surface area contributed by atoms with Gasteiger partial charge in [-0.3, -0.25) is 9.59 Å². The first-order chi connectivity index (χ1) is 8.95. The monoisotopic (exact) mass is 265 g/mol. The third-order valence-corrected chi connectivity index (χ3v) is 3.40. The molecule has 1 aromatic rings. The van der Waals surface area contributed by atoms with Crippen LogP contribution in [0.3, 0.4) is 0 Å². The van der Waals surface area contributed by atoms with Gasteiger partial charge in [0.2, 0.25) is 0 Å². The Labute approximate surface area is 110 Å². The van der Waals surface area contributed by atoms with Crippen molar-refractivity contribution in [2.75, 3.05) is 13.2 Å². The number of phenolic OH excluding ortho intramolecular Hbond substituents is 1. The number of ether oxygens (including phenoxy) is 1. The average molecular weight is 265 g/mol. The normalized spacial score (nSPS) is 26.1. The van der Waals surface area contributed by atoms with Gasteiger partial charge in [-0.25, -0.2) is 0 Å². The van der Waals surface area contributed by atoms with Gasteiger partial charge in [-0.1, -0.05) is 12.1 Å². The van der Waals surface area contributed by atoms with Crippen LogP contribution in [0, 0.1) is 5.41 Å². The summed E-state index contributed by atoms with van der Waals surface area (Å²) in [6.45, 7) is 1.72. The zero-order valence-electron chi connectivity index (χ0n) is 10.4. The van der Waals surface area contributed by atoms with Crippen molar-refractivity contribution >= 4 is 11.9 Å². The smallest absolute Gasteiger partial charge is 0.313 e. The van der Waals surface area contributed by atoms with E-state index in [9.17, 15) is 19.8 Å². The Morgan fingerprint density at radius 3 is 2.74 bits per heavy atom. The summed E-state index contributed by atoms with van der Waals surface area (Å²) in [5.74, 6) is -1.68. The van der Waals surface area contributed by atoms with E-state index >= 15 is 0 Å². The van der Waals surface area contributed by atoms with Crippen LogP contribution in [-0.2, 0) is 9.53 Å². The van der Waals surface area contributed by atoms with Crippen molar-refractivity contribution in [1.29, 1.82) is 0 Å². The van der Waals surface area contributed by atoms with Gasteiger partial charge in [0, 0.05) is 0 Å². The van der Waals surface area contributed by atoms with E-state index < -0.39 is 23.3 Å². The summed E-state index contributed by atoms with van der Waals surface area (Å²) < 4.78 is 5.14. The van der Waals surface area contributed by atoms with Gasteiger partial charge in [0.25, 0.3) is 5.91 Å². The summed E-state index contributed by atoms with van der Waals surface area (Å²) >= 11 is 0. The minimum atomic E-state index is -1.15. The number of carbonyl (C=O) groups excluding carboxylic acids is 1. The zero-order valence-corrected chi connectivity index (χ0v) is 10.4. The molecular formula is C13H15NO5. The molecule has 1 fully saturated rings. The predicted octanol–water partition coefficient (Wildman–Crippen LogP) is 0.612. The van der Waals surface area contributed by atoms with Crippen molar-refractivity contribution in [3.63, 3.8) is 0 Å². The van der Waals surface area contributed by atoms with E-state index in [4.69, 9.17) is 4.74 Å². The molecule has 0 spiro atoms. The second-order valence-corrected chi connectivity index (χ2v) is 4.78. The molecule has 19 heavy (non-hydrogen) atoms. The summed E-state index contributed by atoms with van der Waals surface area (Å²) in [6.07, 6.45) is 0. The highest BCUT2D eigenvalue weighted by Gasteiger charge is 2.47. The number of aromatic hydroxyl groups is 1. The first-order valence-electron chi connectivity index (χ1n) is 5.85. The van der Waals surface area contributed by atoms with E-state index in [2.05, 4.69) is 5.32 Å². The van der Waals surface area contributed by atoms with Crippen molar-refractivity contribution in [1.82, 2.24) is 5.32 Å². The van der Waals surface area contributed by atoms with E-state index in [1.54, 1.807) is 12.1 Å². The summed E-state index contributed by atoms with van der Waals surface area (Å²) in [5.41, 5.74) is -1.04. The number of carbonyl (C=O) groups is 2. The molecule has 1 aliphatic heterocycles. The van der Waals surface area contributed by atoms with Crippen LogP contribution in [0.15, 0.2) is 24.3 Å². The molecule has 6 nitrogen and oxygen atoms in total. The van der Waals surface area contributed by atoms with Crippen molar-refractivity contribution in [3.8, 4) is 5.75 Å². The maximum atomic E-state index is 12.0. The third-order valence-electron chi connectivity index (χ3n) is 3.40. The van der Waals surface area contributed by atoms with Gasteiger partial charge in [0.1, 0.15) is 11.2 Å². The lowest BCUT2D eigenvalue weighted by atomic mass is 9.85. The Kier molecular flexibility index (Phi) is 3.44. The van der Waals surface area contributed by atoms with Gasteiger partial charge in [0.15, 0.2) is 0 Å². The van der Waals surface area contributed by atoms with Crippen molar-refractivity contribution in [2.45, 2.75) is 13.0 Å². The number of phenols is 1. The Morgan fingerprint density at radius 2 is 2.11 bits per heavy atom. The minimum Gasteiger partial charge on any atom is -0.507 e. The molecule has 1 aliphatic rings. The number of carboxylic acids is 1. The van der Waals surface area contributed by atoms with E-state index in [-0.39, 0.29) is 24.5 Å². The van der Waals surface area contributed by atoms with Crippen LogP contribution < -0.4 is 5.32 Å². The zero-order chi connectivity index (χ0) is 14.0. The molecule has 2 unspecified atom stereocenters. The topological polar surface area (TPSA) is 95.9 Å². The highest BCUT2D eigenvalue weighted by atomic mass is 16.5. The fourth-order valence-corrected chi connectivity index (χ4v) is 1.99. The van der Waals surface area contributed by atoms with E-state index in [1.807, 2.05) is 0 Å². The van der Waals surface area contributed by atoms with Crippen LogP contribution in [0.25, 0.3) is 0 Å². The average Bonchev–Trinajstić information content (AvgIpc) is 2.73. The van der Waals surface area contributed by atoms with Crippen LogP contribution in [0.1, 0.15) is 17.3 Å². The summed E-state index contributed by atoms with van der Waals surface area (Å²) in [5, 5.41) is 21.4. The maximum absolute atomic E-state index is 12.0. The number of aliphatic carboxylic acids is 1. The van der Waals surface area contributed by atoms with Crippen LogP contribution in [-0.4, -0.2) is 41.3 Å². The third kappa shape index (κ3) is 2.39. The van der Waals surface area contributed by atoms with Gasteiger partial charge in [-0.2, -0.15) is 0 Å². The molecule has 0 saturated carbocycles. The Morgan fingerprint density at radius 1 is 1.42 bits per heavy atom. The largest absolute Gasteiger partial charge is 0.507 e. The number of rotatable bonds is 3. The number of para-hydroxylation sites is 1. The predicted molar refractivity (Wildman–Crippen MR) is 65.9 cm³/mol. The molecule has 6 heteroatoms. The lowest BCUT2D eigenvalue weighted by Gasteiger charge is -2.25. The first-order valence-corrected chi connectivity index (χ1v) is 5.85. The lowest BCUT2D eigenvalue weighted by Crippen LogP contribution is -2.49. The van der Waals surface area contributed by atoms with Crippen LogP contribution in [0.4, 0.5) is 0 Å². The molecule has 2 rings (SSSR count). The van der Waals surface area contributed by atoms with E-state index in [0.717, 1.165) is 0 Å². The Bertz CT molecular complexity index is 516. The van der Waals surface area contributed by atoms with Gasteiger partial charge in [-0.15, -0.1) is 0 Å². The SMILES string of the molecule is CC1(C(=O)O)COCC1NC(=O)c1ccccc1O. The number of hydrogen-bond acceptors (Lipinski definition) is 4. The second kappa shape index (κ2) is 4.89. The van der Waals surface area contributed by atoms with Crippen LogP contribution >= 0.6 is 0 Å². The van der Waals surface area contributed by atoms with Gasteiger partial charge < -0.3 is 20.3 Å². The number of hydrogen-bond donors (Lipinski definition) is 3. The number of carboxylic acid groups (broad SMARTS) is 1. The number of benzene rings is 1. The maximum Gasteiger partial charge on any atom is 0.313 e. The second-order valence-electron chi connectivity index (χ2n) is 4.78. The Hall–Kier alpha value is -2.08. The highest BCUT2D eigenvalue weighted by molar-refractivity contribution is 5.97. The van der Waals surface area contributed by atoms with Gasteiger partial charge >= 0.3 is 5.97 Å². The van der Waals surface area contributed by atoms with Gasteiger partial charge in [-0.05, 0) is 19.1 Å². The lowest BCUT2D eigenvalue weighted by molar-refractivity contribution is -0.148. The minimum absolute atomic E-state index is 0.0497. The highest BCUT2D eigenvalue weighted by Crippen LogP contribution is 2.29. The molecule has 1 heterocycles. The molecule has 1 saturated heterocycles. The first kappa shape index (κ1) is 13.4. The molecule has 0 aromatic heterocycles. The molecule has 1 aromatic carbocycles. The molecule has 1 amide bonds.